The van der Waals surface area contributed by atoms with Crippen LogP contribution in [0.25, 0.3) is 0 Å². The number of likely N-dealkylation sites (N-methyl/N-ethyl adjacent to an activating group) is 1. The van der Waals surface area contributed by atoms with Crippen LogP contribution in [0, 0.1) is 0 Å². The zero-order chi connectivity index (χ0) is 22.5. The number of anilines is 1. The Bertz CT molecular complexity index is 1110. The van der Waals surface area contributed by atoms with E-state index in [1.54, 1.807) is 54.7 Å². The average molecular weight is 449 g/mol. The average Bonchev–Trinajstić information content (AvgIpc) is 2.83. The number of carbonyl (C=O) groups excluding carboxylic acids is 2. The van der Waals surface area contributed by atoms with Gasteiger partial charge >= 0.3 is 0 Å². The molecule has 4 rings (SSSR count). The fourth-order valence-electron chi connectivity index (χ4n) is 3.78. The second kappa shape index (κ2) is 9.94. The Morgan fingerprint density at radius 2 is 1.62 bits per heavy atom. The lowest BCUT2D eigenvalue weighted by Crippen LogP contribution is -2.45. The second-order valence-electron chi connectivity index (χ2n) is 7.84. The van der Waals surface area contributed by atoms with Crippen molar-refractivity contribution in [2.75, 3.05) is 38.1 Å². The Labute approximate surface area is 192 Å². The molecule has 0 radical (unpaired) electrons. The van der Waals surface area contributed by atoms with E-state index in [-0.39, 0.29) is 11.7 Å². The normalized spacial score (nSPS) is 14.2. The minimum Gasteiger partial charge on any atom is -0.354 e. The largest absolute Gasteiger partial charge is 0.354 e. The van der Waals surface area contributed by atoms with Crippen LogP contribution in [0.3, 0.4) is 0 Å². The van der Waals surface area contributed by atoms with Gasteiger partial charge in [0, 0.05) is 60.6 Å². The number of amides is 1. The minimum atomic E-state index is -0.295. The highest BCUT2D eigenvalue weighted by atomic mass is 35.5. The zero-order valence-corrected chi connectivity index (χ0v) is 18.7. The number of hydrogen-bond acceptors (Lipinski definition) is 5. The van der Waals surface area contributed by atoms with Gasteiger partial charge < -0.3 is 15.1 Å². The summed E-state index contributed by atoms with van der Waals surface area (Å²) >= 11 is 5.93. The molecular formula is C25H25ClN4O2. The highest BCUT2D eigenvalue weighted by Gasteiger charge is 2.20. The number of ketones is 1. The number of carbonyl (C=O) groups is 2. The van der Waals surface area contributed by atoms with Crippen LogP contribution in [0.1, 0.15) is 31.8 Å². The van der Waals surface area contributed by atoms with Crippen molar-refractivity contribution in [2.45, 2.75) is 6.54 Å². The molecule has 0 unspecified atom stereocenters. The van der Waals surface area contributed by atoms with E-state index < -0.39 is 0 Å². The van der Waals surface area contributed by atoms with E-state index >= 15 is 0 Å². The molecule has 6 nitrogen and oxygen atoms in total. The smallest absolute Gasteiger partial charge is 0.252 e. The first-order valence-electron chi connectivity index (χ1n) is 10.6. The van der Waals surface area contributed by atoms with Crippen molar-refractivity contribution in [1.82, 2.24) is 15.2 Å². The van der Waals surface area contributed by atoms with Gasteiger partial charge in [0.05, 0.1) is 5.56 Å². The summed E-state index contributed by atoms with van der Waals surface area (Å²) in [6, 6.07) is 17.4. The van der Waals surface area contributed by atoms with E-state index in [4.69, 9.17) is 11.6 Å². The highest BCUT2D eigenvalue weighted by molar-refractivity contribution is 6.30. The van der Waals surface area contributed by atoms with Crippen molar-refractivity contribution in [3.05, 3.63) is 94.1 Å². The lowest BCUT2D eigenvalue weighted by Gasteiger charge is -2.34. The maximum Gasteiger partial charge on any atom is 0.252 e. The molecule has 0 saturated carbocycles. The molecule has 0 spiro atoms. The van der Waals surface area contributed by atoms with E-state index in [1.807, 2.05) is 12.1 Å². The first-order chi connectivity index (χ1) is 15.5. The van der Waals surface area contributed by atoms with Crippen LogP contribution in [0.15, 0.2) is 66.9 Å². The summed E-state index contributed by atoms with van der Waals surface area (Å²) in [4.78, 5) is 35.1. The van der Waals surface area contributed by atoms with E-state index in [1.165, 1.54) is 0 Å². The van der Waals surface area contributed by atoms with Crippen molar-refractivity contribution in [3.8, 4) is 0 Å². The fraction of sp³-hybridized carbons (Fsp3) is 0.240. The van der Waals surface area contributed by atoms with E-state index in [0.29, 0.717) is 28.3 Å². The molecular weight excluding hydrogens is 424 g/mol. The Morgan fingerprint density at radius 1 is 0.938 bits per heavy atom. The molecule has 7 heteroatoms. The number of benzene rings is 2. The molecule has 0 aliphatic carbocycles. The lowest BCUT2D eigenvalue weighted by atomic mass is 9.98. The molecule has 2 heterocycles. The van der Waals surface area contributed by atoms with E-state index in [0.717, 1.165) is 37.6 Å². The van der Waals surface area contributed by atoms with Crippen LogP contribution in [0.5, 0.6) is 0 Å². The predicted octanol–water partition coefficient (Wildman–Crippen LogP) is 3.65. The Morgan fingerprint density at radius 3 is 2.34 bits per heavy atom. The molecule has 1 aromatic heterocycles. The third-order valence-corrected chi connectivity index (χ3v) is 5.88. The molecule has 32 heavy (non-hydrogen) atoms. The zero-order valence-electron chi connectivity index (χ0n) is 17.9. The molecule has 1 aliphatic heterocycles. The number of halogens is 1. The first-order valence-corrected chi connectivity index (χ1v) is 11.0. The third-order valence-electron chi connectivity index (χ3n) is 5.63. The van der Waals surface area contributed by atoms with E-state index in [9.17, 15) is 9.59 Å². The molecule has 164 valence electrons. The lowest BCUT2D eigenvalue weighted by molar-refractivity contribution is 0.0939. The molecule has 1 amide bonds. The summed E-state index contributed by atoms with van der Waals surface area (Å²) in [5, 5.41) is 3.53. The number of aromatic nitrogens is 1. The maximum atomic E-state index is 13.0. The van der Waals surface area contributed by atoms with Gasteiger partial charge in [0.2, 0.25) is 0 Å². The van der Waals surface area contributed by atoms with Gasteiger partial charge in [-0.05, 0) is 43.4 Å². The Kier molecular flexibility index (Phi) is 6.83. The molecule has 2 aromatic carbocycles. The molecule has 3 aromatic rings. The van der Waals surface area contributed by atoms with Crippen molar-refractivity contribution in [1.29, 1.82) is 0 Å². The first kappa shape index (κ1) is 22.0. The van der Waals surface area contributed by atoms with Crippen molar-refractivity contribution in [2.24, 2.45) is 0 Å². The number of piperazine rings is 1. The highest BCUT2D eigenvalue weighted by Crippen LogP contribution is 2.20. The SMILES string of the molecule is CN1CCN(c2ncccc2CNC(=O)c2ccccc2C(=O)c2ccc(Cl)cc2)CC1. The summed E-state index contributed by atoms with van der Waals surface area (Å²) < 4.78 is 0. The number of nitrogens with one attached hydrogen (secondary N) is 1. The van der Waals surface area contributed by atoms with E-state index in [2.05, 4.69) is 27.1 Å². The Hall–Kier alpha value is -3.22. The summed E-state index contributed by atoms with van der Waals surface area (Å²) in [5.41, 5.74) is 2.14. The summed E-state index contributed by atoms with van der Waals surface area (Å²) in [7, 11) is 2.11. The number of rotatable bonds is 6. The molecule has 0 atom stereocenters. The van der Waals surface area contributed by atoms with Gasteiger partial charge in [0.15, 0.2) is 5.78 Å². The van der Waals surface area contributed by atoms with Crippen LogP contribution in [0.2, 0.25) is 5.02 Å². The number of pyridine rings is 1. The Balaban J connectivity index is 1.50. The van der Waals surface area contributed by atoms with Gasteiger partial charge in [0.25, 0.3) is 5.91 Å². The summed E-state index contributed by atoms with van der Waals surface area (Å²) in [6.45, 7) is 4.07. The van der Waals surface area contributed by atoms with Gasteiger partial charge in [-0.15, -0.1) is 0 Å². The topological polar surface area (TPSA) is 65.5 Å². The van der Waals surface area contributed by atoms with Crippen LogP contribution in [-0.4, -0.2) is 54.8 Å². The fourth-order valence-corrected chi connectivity index (χ4v) is 3.90. The quantitative estimate of drug-likeness (QED) is 0.583. The maximum absolute atomic E-state index is 13.0. The van der Waals surface area contributed by atoms with Crippen LogP contribution < -0.4 is 10.2 Å². The van der Waals surface area contributed by atoms with Gasteiger partial charge in [-0.2, -0.15) is 0 Å². The molecule has 1 N–H and O–H groups in total. The van der Waals surface area contributed by atoms with Gasteiger partial charge in [-0.25, -0.2) is 4.98 Å². The van der Waals surface area contributed by atoms with Gasteiger partial charge in [-0.1, -0.05) is 35.9 Å². The predicted molar refractivity (Wildman–Crippen MR) is 126 cm³/mol. The van der Waals surface area contributed by atoms with Gasteiger partial charge in [0.1, 0.15) is 5.82 Å². The minimum absolute atomic E-state index is 0.216. The van der Waals surface area contributed by atoms with Crippen LogP contribution in [0.4, 0.5) is 5.82 Å². The van der Waals surface area contributed by atoms with Crippen LogP contribution >= 0.6 is 11.6 Å². The van der Waals surface area contributed by atoms with Crippen molar-refractivity contribution >= 4 is 29.1 Å². The van der Waals surface area contributed by atoms with Crippen molar-refractivity contribution in [3.63, 3.8) is 0 Å². The second-order valence-corrected chi connectivity index (χ2v) is 8.28. The monoisotopic (exact) mass is 448 g/mol. The number of hydrogen-bond donors (Lipinski definition) is 1. The van der Waals surface area contributed by atoms with Crippen molar-refractivity contribution < 1.29 is 9.59 Å². The summed E-state index contributed by atoms with van der Waals surface area (Å²) in [6.07, 6.45) is 1.78. The molecule has 1 fully saturated rings. The summed E-state index contributed by atoms with van der Waals surface area (Å²) in [5.74, 6) is 0.384. The molecule has 0 bridgehead atoms. The standard InChI is InChI=1S/C25H25ClN4O2/c1-29-13-15-30(16-14-29)24-19(5-4-12-27-24)17-28-25(32)22-7-3-2-6-21(22)23(31)18-8-10-20(26)11-9-18/h2-12H,13-17H2,1H3,(H,28,32). The number of nitrogens with zero attached hydrogens (tertiary/aromatic N) is 3. The molecule has 1 saturated heterocycles. The molecule has 1 aliphatic rings. The van der Waals surface area contributed by atoms with Crippen LogP contribution in [-0.2, 0) is 6.54 Å². The third kappa shape index (κ3) is 4.98. The van der Waals surface area contributed by atoms with Gasteiger partial charge in [-0.3, -0.25) is 9.59 Å².